The summed E-state index contributed by atoms with van der Waals surface area (Å²) in [5.74, 6) is -1.52. The molecule has 1 aliphatic rings. The Kier molecular flexibility index (Phi) is 5.27. The number of amides is 1. The van der Waals surface area contributed by atoms with Crippen LogP contribution in [0.4, 0.5) is 0 Å². The van der Waals surface area contributed by atoms with Crippen molar-refractivity contribution < 1.29 is 19.5 Å². The van der Waals surface area contributed by atoms with Crippen LogP contribution < -0.4 is 5.32 Å². The van der Waals surface area contributed by atoms with Gasteiger partial charge in [0.15, 0.2) is 0 Å². The van der Waals surface area contributed by atoms with E-state index in [4.69, 9.17) is 0 Å². The van der Waals surface area contributed by atoms with Crippen LogP contribution in [0.15, 0.2) is 30.3 Å². The zero-order valence-electron chi connectivity index (χ0n) is 12.4. The highest BCUT2D eigenvalue weighted by atomic mass is 16.4. The molecule has 1 heterocycles. The summed E-state index contributed by atoms with van der Waals surface area (Å²) in [7, 11) is 0. The van der Waals surface area contributed by atoms with Crippen molar-refractivity contribution in [1.82, 2.24) is 10.2 Å². The summed E-state index contributed by atoms with van der Waals surface area (Å²) in [6.07, 6.45) is 1.07. The first-order valence-corrected chi connectivity index (χ1v) is 7.25. The smallest absolute Gasteiger partial charge is 0.320 e. The van der Waals surface area contributed by atoms with Crippen molar-refractivity contribution in [2.75, 3.05) is 6.54 Å². The van der Waals surface area contributed by atoms with Gasteiger partial charge in [0.1, 0.15) is 12.3 Å². The number of rotatable bonds is 6. The minimum Gasteiger partial charge on any atom is -0.480 e. The van der Waals surface area contributed by atoms with Gasteiger partial charge in [-0.25, -0.2) is 0 Å². The largest absolute Gasteiger partial charge is 0.480 e. The molecule has 1 aliphatic heterocycles. The summed E-state index contributed by atoms with van der Waals surface area (Å²) >= 11 is 0. The Morgan fingerprint density at radius 1 is 1.36 bits per heavy atom. The number of carboxylic acid groups (broad SMARTS) is 1. The maximum atomic E-state index is 11.5. The molecule has 1 fully saturated rings. The van der Waals surface area contributed by atoms with Crippen molar-refractivity contribution in [1.29, 1.82) is 0 Å². The summed E-state index contributed by atoms with van der Waals surface area (Å²) in [5, 5.41) is 12.1. The second kappa shape index (κ2) is 7.17. The molecule has 1 amide bonds. The van der Waals surface area contributed by atoms with Gasteiger partial charge in [-0.2, -0.15) is 0 Å². The maximum absolute atomic E-state index is 11.5. The van der Waals surface area contributed by atoms with E-state index in [9.17, 15) is 19.5 Å². The number of nitrogens with one attached hydrogen (secondary N) is 1. The topological polar surface area (TPSA) is 86.7 Å². The van der Waals surface area contributed by atoms with Crippen LogP contribution in [-0.2, 0) is 20.9 Å². The number of aliphatic carboxylic acids is 1. The molecule has 6 nitrogen and oxygen atoms in total. The second-order valence-electron chi connectivity index (χ2n) is 5.55. The Balaban J connectivity index is 2.22. The van der Waals surface area contributed by atoms with E-state index in [-0.39, 0.29) is 24.9 Å². The molecule has 0 spiro atoms. The first-order chi connectivity index (χ1) is 10.5. The number of carbonyl (C=O) groups is 3. The number of likely N-dealkylation sites (tertiary alicyclic amines) is 1. The van der Waals surface area contributed by atoms with Crippen molar-refractivity contribution in [3.63, 3.8) is 0 Å². The molecule has 0 unspecified atom stereocenters. The Labute approximate surface area is 129 Å². The summed E-state index contributed by atoms with van der Waals surface area (Å²) in [6.45, 7) is 2.11. The van der Waals surface area contributed by atoms with E-state index in [0.717, 1.165) is 11.8 Å². The van der Waals surface area contributed by atoms with Gasteiger partial charge in [-0.05, 0) is 12.0 Å². The van der Waals surface area contributed by atoms with Crippen LogP contribution >= 0.6 is 0 Å². The van der Waals surface area contributed by atoms with Gasteiger partial charge in [0, 0.05) is 32.0 Å². The molecular weight excluding hydrogens is 284 g/mol. The molecular formula is C16H20N2O4. The van der Waals surface area contributed by atoms with Crippen molar-refractivity contribution in [2.45, 2.75) is 32.0 Å². The molecule has 1 aromatic rings. The molecule has 0 aliphatic carbocycles. The van der Waals surface area contributed by atoms with Gasteiger partial charge in [-0.3, -0.25) is 14.5 Å². The summed E-state index contributed by atoms with van der Waals surface area (Å²) < 4.78 is 0. The summed E-state index contributed by atoms with van der Waals surface area (Å²) in [6, 6.07) is 8.50. The minimum absolute atomic E-state index is 0.192. The number of aldehydes is 1. The molecule has 6 heteroatoms. The molecule has 2 rings (SSSR count). The highest BCUT2D eigenvalue weighted by Crippen LogP contribution is 2.30. The van der Waals surface area contributed by atoms with Gasteiger partial charge in [0.25, 0.3) is 0 Å². The van der Waals surface area contributed by atoms with Crippen molar-refractivity contribution in [3.8, 4) is 0 Å². The zero-order chi connectivity index (χ0) is 16.1. The number of carbonyl (C=O) groups excluding carboxylic acids is 2. The first-order valence-electron chi connectivity index (χ1n) is 7.25. The molecule has 0 saturated carbocycles. The molecule has 2 N–H and O–H groups in total. The molecule has 1 saturated heterocycles. The van der Waals surface area contributed by atoms with Crippen LogP contribution in [0.1, 0.15) is 18.9 Å². The average molecular weight is 304 g/mol. The van der Waals surface area contributed by atoms with Crippen LogP contribution in [-0.4, -0.2) is 46.8 Å². The predicted octanol–water partition coefficient (Wildman–Crippen LogP) is 0.665. The Morgan fingerprint density at radius 3 is 2.59 bits per heavy atom. The number of hydrogen-bond acceptors (Lipinski definition) is 4. The van der Waals surface area contributed by atoms with E-state index in [1.807, 2.05) is 30.3 Å². The highest BCUT2D eigenvalue weighted by Gasteiger charge is 2.44. The lowest BCUT2D eigenvalue weighted by atomic mass is 10.0. The molecule has 3 atom stereocenters. The first kappa shape index (κ1) is 16.2. The van der Waals surface area contributed by atoms with Gasteiger partial charge < -0.3 is 15.2 Å². The van der Waals surface area contributed by atoms with Crippen LogP contribution in [0.2, 0.25) is 0 Å². The number of nitrogens with zero attached hydrogens (tertiary/aromatic N) is 1. The van der Waals surface area contributed by atoms with Crippen molar-refractivity contribution >= 4 is 18.2 Å². The maximum Gasteiger partial charge on any atom is 0.320 e. The minimum atomic E-state index is -0.937. The number of benzene rings is 1. The predicted molar refractivity (Wildman–Crippen MR) is 80.1 cm³/mol. The van der Waals surface area contributed by atoms with E-state index in [2.05, 4.69) is 5.32 Å². The lowest BCUT2D eigenvalue weighted by Crippen LogP contribution is -2.46. The second-order valence-corrected chi connectivity index (χ2v) is 5.55. The fraction of sp³-hybridized carbons (Fsp3) is 0.438. The monoisotopic (exact) mass is 304 g/mol. The Morgan fingerprint density at radius 2 is 2.05 bits per heavy atom. The highest BCUT2D eigenvalue weighted by molar-refractivity contribution is 5.76. The fourth-order valence-corrected chi connectivity index (χ4v) is 2.95. The zero-order valence-corrected chi connectivity index (χ0v) is 12.4. The molecule has 1 aromatic carbocycles. The van der Waals surface area contributed by atoms with Crippen LogP contribution in [0.5, 0.6) is 0 Å². The fourth-order valence-electron chi connectivity index (χ4n) is 2.95. The molecule has 22 heavy (non-hydrogen) atoms. The Hall–Kier alpha value is -2.21. The standard InChI is InChI=1S/C16H20N2O4/c1-11(20)17-8-15-13(10-19)7-14(16(21)22)18(15)9-12-5-3-2-4-6-12/h2-6,10,13-15H,7-9H2,1H3,(H,17,20)(H,21,22)/t13-,14+,15-/m0/s1. The lowest BCUT2D eigenvalue weighted by Gasteiger charge is -2.29. The van der Waals surface area contributed by atoms with Crippen molar-refractivity contribution in [3.05, 3.63) is 35.9 Å². The van der Waals surface area contributed by atoms with Gasteiger partial charge in [-0.15, -0.1) is 0 Å². The third kappa shape index (κ3) is 3.71. The molecule has 0 bridgehead atoms. The number of hydrogen-bond donors (Lipinski definition) is 2. The van der Waals surface area contributed by atoms with Crippen LogP contribution in [0.25, 0.3) is 0 Å². The van der Waals surface area contributed by atoms with Crippen molar-refractivity contribution in [2.24, 2.45) is 5.92 Å². The average Bonchev–Trinajstić information content (AvgIpc) is 2.84. The SMILES string of the molecule is CC(=O)NC[C@H]1[C@H](C=O)C[C@H](C(=O)O)N1Cc1ccccc1. The molecule has 118 valence electrons. The normalized spacial score (nSPS) is 24.9. The van der Waals surface area contributed by atoms with Gasteiger partial charge >= 0.3 is 5.97 Å². The Bertz CT molecular complexity index is 546. The molecule has 0 aromatic heterocycles. The van der Waals surface area contributed by atoms with E-state index in [1.165, 1.54) is 6.92 Å². The number of carboxylic acids is 1. The van der Waals surface area contributed by atoms with Gasteiger partial charge in [0.05, 0.1) is 0 Å². The van der Waals surface area contributed by atoms with Crippen LogP contribution in [0.3, 0.4) is 0 Å². The van der Waals surface area contributed by atoms with E-state index in [1.54, 1.807) is 4.90 Å². The third-order valence-electron chi connectivity index (χ3n) is 4.04. The van der Waals surface area contributed by atoms with E-state index in [0.29, 0.717) is 6.54 Å². The van der Waals surface area contributed by atoms with E-state index < -0.39 is 17.9 Å². The van der Waals surface area contributed by atoms with Gasteiger partial charge in [-0.1, -0.05) is 30.3 Å². The molecule has 0 radical (unpaired) electrons. The van der Waals surface area contributed by atoms with Crippen LogP contribution in [0, 0.1) is 5.92 Å². The summed E-state index contributed by atoms with van der Waals surface area (Å²) in [5.41, 5.74) is 0.980. The van der Waals surface area contributed by atoms with E-state index >= 15 is 0 Å². The lowest BCUT2D eigenvalue weighted by molar-refractivity contribution is -0.142. The summed E-state index contributed by atoms with van der Waals surface area (Å²) in [4.78, 5) is 35.7. The van der Waals surface area contributed by atoms with Gasteiger partial charge in [0.2, 0.25) is 5.91 Å². The third-order valence-corrected chi connectivity index (χ3v) is 4.04. The quantitative estimate of drug-likeness (QED) is 0.754.